The first-order chi connectivity index (χ1) is 19.6. The minimum atomic E-state index is -1.57. The van der Waals surface area contributed by atoms with Crippen molar-refractivity contribution in [3.8, 4) is 17.2 Å². The third-order valence-corrected chi connectivity index (χ3v) is 7.60. The molecule has 0 fully saturated rings. The van der Waals surface area contributed by atoms with Crippen LogP contribution in [0.1, 0.15) is 27.8 Å². The van der Waals surface area contributed by atoms with Crippen molar-refractivity contribution in [1.82, 2.24) is 0 Å². The average Bonchev–Trinajstić information content (AvgIpc) is 3.04. The van der Waals surface area contributed by atoms with Crippen LogP contribution in [0.2, 0.25) is 0 Å². The highest BCUT2D eigenvalue weighted by Gasteiger charge is 2.53. The van der Waals surface area contributed by atoms with Gasteiger partial charge in [0.2, 0.25) is 0 Å². The molecular formula is C36H30O4. The molecule has 4 heteroatoms. The number of ether oxygens (including phenoxy) is 3. The summed E-state index contributed by atoms with van der Waals surface area (Å²) in [6, 6.07) is 43.3. The first kappa shape index (κ1) is 25.5. The number of aliphatic hydroxyl groups is 1. The molecule has 1 heterocycles. The molecule has 5 aromatic carbocycles. The smallest absolute Gasteiger partial charge is 0.184 e. The van der Waals surface area contributed by atoms with Crippen LogP contribution in [0.5, 0.6) is 17.2 Å². The number of hydrogen-bond acceptors (Lipinski definition) is 4. The highest BCUT2D eigenvalue weighted by Crippen LogP contribution is 2.56. The fraction of sp³-hybridized carbons (Fsp3) is 0.111. The summed E-state index contributed by atoms with van der Waals surface area (Å²) < 4.78 is 18.6. The number of benzene rings is 5. The summed E-state index contributed by atoms with van der Waals surface area (Å²) in [4.78, 5) is 0. The van der Waals surface area contributed by atoms with E-state index < -0.39 is 11.2 Å². The Hall–Kier alpha value is -4.80. The molecule has 0 saturated carbocycles. The maximum atomic E-state index is 13.2. The second-order valence-corrected chi connectivity index (χ2v) is 9.76. The topological polar surface area (TPSA) is 47.9 Å². The van der Waals surface area contributed by atoms with E-state index in [2.05, 4.69) is 0 Å². The SMILES string of the molecule is COc1cc(OC)c2c(c1)OC(c1ccccc1)(c1ccccc1)C(C(O)(c1ccccc1)c1ccccc1)=C2. The van der Waals surface area contributed by atoms with Gasteiger partial charge in [0.05, 0.1) is 19.8 Å². The first-order valence-electron chi connectivity index (χ1n) is 13.2. The van der Waals surface area contributed by atoms with Gasteiger partial charge in [-0.3, -0.25) is 0 Å². The van der Waals surface area contributed by atoms with Gasteiger partial charge in [-0.15, -0.1) is 0 Å². The Morgan fingerprint density at radius 2 is 1.10 bits per heavy atom. The van der Waals surface area contributed by atoms with Gasteiger partial charge in [0.25, 0.3) is 0 Å². The van der Waals surface area contributed by atoms with Crippen molar-refractivity contribution < 1.29 is 19.3 Å². The molecule has 1 aliphatic heterocycles. The lowest BCUT2D eigenvalue weighted by Gasteiger charge is -2.47. The monoisotopic (exact) mass is 526 g/mol. The predicted molar refractivity (Wildman–Crippen MR) is 158 cm³/mol. The molecule has 0 atom stereocenters. The lowest BCUT2D eigenvalue weighted by Crippen LogP contribution is -2.47. The van der Waals surface area contributed by atoms with Crippen molar-refractivity contribution in [3.63, 3.8) is 0 Å². The number of rotatable bonds is 7. The summed E-state index contributed by atoms with van der Waals surface area (Å²) in [5.74, 6) is 1.80. The second-order valence-electron chi connectivity index (χ2n) is 9.76. The zero-order chi connectivity index (χ0) is 27.6. The molecule has 40 heavy (non-hydrogen) atoms. The van der Waals surface area contributed by atoms with Gasteiger partial charge in [-0.25, -0.2) is 0 Å². The molecule has 0 amide bonds. The van der Waals surface area contributed by atoms with Gasteiger partial charge >= 0.3 is 0 Å². The highest BCUT2D eigenvalue weighted by atomic mass is 16.5. The third-order valence-electron chi connectivity index (χ3n) is 7.60. The van der Waals surface area contributed by atoms with E-state index in [1.54, 1.807) is 14.2 Å². The first-order valence-corrected chi connectivity index (χ1v) is 13.2. The predicted octanol–water partition coefficient (Wildman–Crippen LogP) is 7.36. The summed E-state index contributed by atoms with van der Waals surface area (Å²) in [5.41, 5.74) is 1.81. The fourth-order valence-electron chi connectivity index (χ4n) is 5.69. The molecule has 6 rings (SSSR count). The quantitative estimate of drug-likeness (QED) is 0.241. The van der Waals surface area contributed by atoms with E-state index in [1.165, 1.54) is 0 Å². The third kappa shape index (κ3) is 4.05. The zero-order valence-electron chi connectivity index (χ0n) is 22.5. The molecule has 0 aromatic heterocycles. The van der Waals surface area contributed by atoms with E-state index in [9.17, 15) is 5.11 Å². The fourth-order valence-corrected chi connectivity index (χ4v) is 5.69. The summed E-state index contributed by atoms with van der Waals surface area (Å²) in [5, 5.41) is 13.2. The minimum Gasteiger partial charge on any atom is -0.496 e. The van der Waals surface area contributed by atoms with Gasteiger partial charge in [-0.1, -0.05) is 121 Å². The highest BCUT2D eigenvalue weighted by molar-refractivity contribution is 5.77. The van der Waals surface area contributed by atoms with Gasteiger partial charge < -0.3 is 19.3 Å². The summed E-state index contributed by atoms with van der Waals surface area (Å²) >= 11 is 0. The molecule has 1 N–H and O–H groups in total. The van der Waals surface area contributed by atoms with Crippen LogP contribution >= 0.6 is 0 Å². The summed E-state index contributed by atoms with van der Waals surface area (Å²) in [6.45, 7) is 0. The van der Waals surface area contributed by atoms with Crippen molar-refractivity contribution in [2.45, 2.75) is 11.2 Å². The standard InChI is InChI=1S/C36H30O4/c1-38-30-23-32(39-2)31-25-34(35(37,26-15-7-3-8-16-26)27-17-9-4-10-18-27)36(40-33(31)24-30,28-19-11-5-12-20-28)29-21-13-6-14-22-29/h3-25,37H,1-2H3. The van der Waals surface area contributed by atoms with Crippen molar-refractivity contribution in [1.29, 1.82) is 0 Å². The molecule has 0 aliphatic carbocycles. The zero-order valence-corrected chi connectivity index (χ0v) is 22.5. The maximum absolute atomic E-state index is 13.2. The molecule has 0 saturated heterocycles. The molecule has 198 valence electrons. The Morgan fingerprint density at radius 3 is 1.55 bits per heavy atom. The number of methoxy groups -OCH3 is 2. The molecule has 5 aromatic rings. The Labute approximate surface area is 234 Å². The van der Waals surface area contributed by atoms with Crippen LogP contribution in [0.15, 0.2) is 139 Å². The molecule has 0 spiro atoms. The maximum Gasteiger partial charge on any atom is 0.184 e. The Morgan fingerprint density at radius 1 is 0.625 bits per heavy atom. The largest absolute Gasteiger partial charge is 0.496 e. The van der Waals surface area contributed by atoms with E-state index >= 15 is 0 Å². The van der Waals surface area contributed by atoms with E-state index in [0.717, 1.165) is 27.8 Å². The lowest BCUT2D eigenvalue weighted by atomic mass is 9.66. The van der Waals surface area contributed by atoms with Crippen LogP contribution < -0.4 is 14.2 Å². The molecule has 4 nitrogen and oxygen atoms in total. The Balaban J connectivity index is 1.79. The van der Waals surface area contributed by atoms with Gasteiger partial charge in [-0.2, -0.15) is 0 Å². The van der Waals surface area contributed by atoms with Gasteiger partial charge in [0.1, 0.15) is 22.8 Å². The van der Waals surface area contributed by atoms with E-state index in [4.69, 9.17) is 14.2 Å². The normalized spacial score (nSPS) is 13.9. The van der Waals surface area contributed by atoms with Crippen LogP contribution in [0.4, 0.5) is 0 Å². The lowest BCUT2D eigenvalue weighted by molar-refractivity contribution is 0.0533. The molecule has 0 bridgehead atoms. The van der Waals surface area contributed by atoms with Gasteiger partial charge in [0.15, 0.2) is 5.60 Å². The van der Waals surface area contributed by atoms with Crippen molar-refractivity contribution in [3.05, 3.63) is 167 Å². The van der Waals surface area contributed by atoms with E-state index in [0.29, 0.717) is 22.8 Å². The molecule has 0 radical (unpaired) electrons. The molecular weight excluding hydrogens is 496 g/mol. The molecule has 0 unspecified atom stereocenters. The van der Waals surface area contributed by atoms with Crippen LogP contribution in [0.3, 0.4) is 0 Å². The van der Waals surface area contributed by atoms with Crippen molar-refractivity contribution in [2.75, 3.05) is 14.2 Å². The Bertz CT molecular complexity index is 1550. The number of fused-ring (bicyclic) bond motifs is 1. The van der Waals surface area contributed by atoms with Gasteiger partial charge in [-0.05, 0) is 17.2 Å². The summed E-state index contributed by atoms with van der Waals surface area (Å²) in [6.07, 6.45) is 2.02. The Kier molecular flexibility index (Phi) is 6.63. The minimum absolute atomic E-state index is 0.588. The van der Waals surface area contributed by atoms with E-state index in [1.807, 2.05) is 140 Å². The average molecular weight is 527 g/mol. The van der Waals surface area contributed by atoms with Crippen molar-refractivity contribution >= 4 is 6.08 Å². The van der Waals surface area contributed by atoms with Crippen molar-refractivity contribution in [2.24, 2.45) is 0 Å². The molecule has 1 aliphatic rings. The van der Waals surface area contributed by atoms with E-state index in [-0.39, 0.29) is 0 Å². The van der Waals surface area contributed by atoms with Crippen LogP contribution in [-0.2, 0) is 11.2 Å². The number of hydrogen-bond donors (Lipinski definition) is 1. The van der Waals surface area contributed by atoms with Crippen LogP contribution in [0.25, 0.3) is 6.08 Å². The van der Waals surface area contributed by atoms with Gasteiger partial charge in [0, 0.05) is 28.8 Å². The second kappa shape index (κ2) is 10.4. The van der Waals surface area contributed by atoms with Crippen LogP contribution in [0, 0.1) is 0 Å². The van der Waals surface area contributed by atoms with Crippen LogP contribution in [-0.4, -0.2) is 19.3 Å². The summed E-state index contributed by atoms with van der Waals surface area (Å²) in [7, 11) is 3.25.